The molecule has 0 bridgehead atoms. The summed E-state index contributed by atoms with van der Waals surface area (Å²) < 4.78 is 5.26. The van der Waals surface area contributed by atoms with Crippen LogP contribution in [0.3, 0.4) is 0 Å². The van der Waals surface area contributed by atoms with Crippen molar-refractivity contribution in [1.29, 1.82) is 0 Å². The SMILES string of the molecule is CCCCN(C)C(=O)N1CC(C)(OCC(=O)O)C1. The number of rotatable bonds is 6. The van der Waals surface area contributed by atoms with Gasteiger partial charge in [-0.15, -0.1) is 0 Å². The highest BCUT2D eigenvalue weighted by Crippen LogP contribution is 2.25. The number of ether oxygens (including phenoxy) is 1. The average molecular weight is 258 g/mol. The van der Waals surface area contributed by atoms with E-state index in [9.17, 15) is 9.59 Å². The molecule has 1 saturated heterocycles. The van der Waals surface area contributed by atoms with Crippen molar-refractivity contribution >= 4 is 12.0 Å². The Morgan fingerprint density at radius 1 is 1.44 bits per heavy atom. The molecule has 1 N–H and O–H groups in total. The van der Waals surface area contributed by atoms with Gasteiger partial charge in [0.25, 0.3) is 0 Å². The maximum Gasteiger partial charge on any atom is 0.329 e. The van der Waals surface area contributed by atoms with E-state index in [0.717, 1.165) is 19.4 Å². The Hall–Kier alpha value is -1.30. The summed E-state index contributed by atoms with van der Waals surface area (Å²) in [6.45, 7) is 5.25. The van der Waals surface area contributed by atoms with Crippen LogP contribution in [0.5, 0.6) is 0 Å². The summed E-state index contributed by atoms with van der Waals surface area (Å²) in [5, 5.41) is 8.54. The van der Waals surface area contributed by atoms with Crippen LogP contribution in [-0.4, -0.2) is 65.8 Å². The van der Waals surface area contributed by atoms with E-state index in [2.05, 4.69) is 6.92 Å². The second-order valence-corrected chi connectivity index (χ2v) is 5.05. The summed E-state index contributed by atoms with van der Waals surface area (Å²) in [5.41, 5.74) is -0.514. The Labute approximate surface area is 107 Å². The second kappa shape index (κ2) is 6.04. The lowest BCUT2D eigenvalue weighted by atomic mass is 9.97. The Morgan fingerprint density at radius 2 is 2.06 bits per heavy atom. The first-order chi connectivity index (χ1) is 8.38. The summed E-state index contributed by atoms with van der Waals surface area (Å²) in [5.74, 6) is -0.985. The molecule has 1 rings (SSSR count). The molecule has 1 aliphatic rings. The predicted octanol–water partition coefficient (Wildman–Crippen LogP) is 1.01. The Bertz CT molecular complexity index is 313. The summed E-state index contributed by atoms with van der Waals surface area (Å²) in [4.78, 5) is 25.7. The lowest BCUT2D eigenvalue weighted by Gasteiger charge is -2.48. The van der Waals surface area contributed by atoms with Crippen molar-refractivity contribution in [3.63, 3.8) is 0 Å². The summed E-state index contributed by atoms with van der Waals surface area (Å²) in [6.07, 6.45) is 2.04. The number of carbonyl (C=O) groups excluding carboxylic acids is 1. The molecule has 0 radical (unpaired) electrons. The van der Waals surface area contributed by atoms with Crippen LogP contribution in [0.25, 0.3) is 0 Å². The number of hydrogen-bond acceptors (Lipinski definition) is 3. The van der Waals surface area contributed by atoms with Gasteiger partial charge in [0.05, 0.1) is 13.1 Å². The van der Waals surface area contributed by atoms with Gasteiger partial charge in [-0.2, -0.15) is 0 Å². The van der Waals surface area contributed by atoms with Gasteiger partial charge in [0, 0.05) is 13.6 Å². The van der Waals surface area contributed by atoms with Gasteiger partial charge in [0.1, 0.15) is 12.2 Å². The van der Waals surface area contributed by atoms with Crippen molar-refractivity contribution in [2.24, 2.45) is 0 Å². The molecule has 2 amide bonds. The first-order valence-electron chi connectivity index (χ1n) is 6.24. The van der Waals surface area contributed by atoms with E-state index in [0.29, 0.717) is 13.1 Å². The quantitative estimate of drug-likeness (QED) is 0.772. The van der Waals surface area contributed by atoms with Crippen LogP contribution >= 0.6 is 0 Å². The molecule has 104 valence electrons. The summed E-state index contributed by atoms with van der Waals surface area (Å²) in [7, 11) is 1.78. The number of likely N-dealkylation sites (tertiary alicyclic amines) is 1. The third-order valence-electron chi connectivity index (χ3n) is 3.04. The molecule has 0 aromatic rings. The van der Waals surface area contributed by atoms with Crippen molar-refractivity contribution in [1.82, 2.24) is 9.80 Å². The monoisotopic (exact) mass is 258 g/mol. The van der Waals surface area contributed by atoms with Crippen molar-refractivity contribution in [3.8, 4) is 0 Å². The predicted molar refractivity (Wildman–Crippen MR) is 66.5 cm³/mol. The molecule has 0 atom stereocenters. The number of amides is 2. The number of carboxylic acid groups (broad SMARTS) is 1. The fourth-order valence-corrected chi connectivity index (χ4v) is 1.96. The Morgan fingerprint density at radius 3 is 2.56 bits per heavy atom. The van der Waals surface area contributed by atoms with E-state index < -0.39 is 11.6 Å². The van der Waals surface area contributed by atoms with Gasteiger partial charge in [-0.3, -0.25) is 0 Å². The number of hydrogen-bond donors (Lipinski definition) is 1. The molecule has 0 unspecified atom stereocenters. The van der Waals surface area contributed by atoms with Gasteiger partial charge < -0.3 is 19.6 Å². The smallest absolute Gasteiger partial charge is 0.329 e. The number of nitrogens with zero attached hydrogens (tertiary/aromatic N) is 2. The van der Waals surface area contributed by atoms with E-state index in [1.807, 2.05) is 6.92 Å². The van der Waals surface area contributed by atoms with Crippen LogP contribution in [0.4, 0.5) is 4.79 Å². The molecule has 0 aliphatic carbocycles. The van der Waals surface area contributed by atoms with Crippen molar-refractivity contribution < 1.29 is 19.4 Å². The van der Waals surface area contributed by atoms with E-state index in [1.165, 1.54) is 0 Å². The fourth-order valence-electron chi connectivity index (χ4n) is 1.96. The number of unbranched alkanes of at least 4 members (excludes halogenated alkanes) is 1. The van der Waals surface area contributed by atoms with Crippen LogP contribution in [0.2, 0.25) is 0 Å². The van der Waals surface area contributed by atoms with Gasteiger partial charge in [0.15, 0.2) is 0 Å². The number of carboxylic acids is 1. The molecule has 0 aromatic carbocycles. The van der Waals surface area contributed by atoms with Gasteiger partial charge >= 0.3 is 12.0 Å². The van der Waals surface area contributed by atoms with Gasteiger partial charge in [-0.25, -0.2) is 9.59 Å². The number of urea groups is 1. The standard InChI is InChI=1S/C12H22N2O4/c1-4-5-6-13(3)11(17)14-8-12(2,9-14)18-7-10(15)16/h4-9H2,1-3H3,(H,15,16). The van der Waals surface area contributed by atoms with Gasteiger partial charge in [0.2, 0.25) is 0 Å². The fraction of sp³-hybridized carbons (Fsp3) is 0.833. The molecule has 0 spiro atoms. The van der Waals surface area contributed by atoms with Gasteiger partial charge in [-0.1, -0.05) is 13.3 Å². The first kappa shape index (κ1) is 14.8. The van der Waals surface area contributed by atoms with E-state index in [-0.39, 0.29) is 12.6 Å². The van der Waals surface area contributed by atoms with Crippen molar-refractivity contribution in [2.45, 2.75) is 32.3 Å². The molecule has 1 fully saturated rings. The molecule has 1 aliphatic heterocycles. The number of carbonyl (C=O) groups is 2. The van der Waals surface area contributed by atoms with Crippen molar-refractivity contribution in [3.05, 3.63) is 0 Å². The molecular formula is C12H22N2O4. The zero-order valence-electron chi connectivity index (χ0n) is 11.3. The summed E-state index contributed by atoms with van der Waals surface area (Å²) in [6, 6.07) is -0.0140. The minimum Gasteiger partial charge on any atom is -0.480 e. The van der Waals surface area contributed by atoms with Gasteiger partial charge in [-0.05, 0) is 13.3 Å². The molecule has 0 saturated carbocycles. The highest BCUT2D eigenvalue weighted by atomic mass is 16.5. The van der Waals surface area contributed by atoms with Crippen LogP contribution in [0.1, 0.15) is 26.7 Å². The number of aliphatic carboxylic acids is 1. The highest BCUT2D eigenvalue weighted by molar-refractivity contribution is 5.75. The molecule has 1 heterocycles. The van der Waals surface area contributed by atoms with Crippen LogP contribution < -0.4 is 0 Å². The molecular weight excluding hydrogens is 236 g/mol. The zero-order chi connectivity index (χ0) is 13.8. The first-order valence-corrected chi connectivity index (χ1v) is 6.24. The zero-order valence-corrected chi connectivity index (χ0v) is 11.3. The lowest BCUT2D eigenvalue weighted by Crippen LogP contribution is -2.65. The molecule has 6 heteroatoms. The van der Waals surface area contributed by atoms with Crippen molar-refractivity contribution in [2.75, 3.05) is 33.3 Å². The van der Waals surface area contributed by atoms with E-state index >= 15 is 0 Å². The topological polar surface area (TPSA) is 70.1 Å². The highest BCUT2D eigenvalue weighted by Gasteiger charge is 2.43. The van der Waals surface area contributed by atoms with Crippen LogP contribution in [-0.2, 0) is 9.53 Å². The molecule has 6 nitrogen and oxygen atoms in total. The largest absolute Gasteiger partial charge is 0.480 e. The Kier molecular flexibility index (Phi) is 4.95. The normalized spacial score (nSPS) is 17.2. The Balaban J connectivity index is 2.32. The molecule has 0 aromatic heterocycles. The average Bonchev–Trinajstić information content (AvgIpc) is 2.28. The second-order valence-electron chi connectivity index (χ2n) is 5.05. The molecule has 18 heavy (non-hydrogen) atoms. The lowest BCUT2D eigenvalue weighted by molar-refractivity contribution is -0.160. The maximum absolute atomic E-state index is 11.9. The maximum atomic E-state index is 11.9. The summed E-state index contributed by atoms with van der Waals surface area (Å²) >= 11 is 0. The van der Waals surface area contributed by atoms with E-state index in [4.69, 9.17) is 9.84 Å². The van der Waals surface area contributed by atoms with Crippen LogP contribution in [0, 0.1) is 0 Å². The minimum absolute atomic E-state index is 0.0140. The van der Waals surface area contributed by atoms with Crippen LogP contribution in [0.15, 0.2) is 0 Å². The third-order valence-corrected chi connectivity index (χ3v) is 3.04. The third kappa shape index (κ3) is 3.87. The minimum atomic E-state index is -0.985. The van der Waals surface area contributed by atoms with E-state index in [1.54, 1.807) is 16.8 Å².